The molecule has 1 amide bonds. The smallest absolute Gasteiger partial charge is 0.236 e. The first kappa shape index (κ1) is 22.0. The zero-order chi connectivity index (χ0) is 21.8. The van der Waals surface area contributed by atoms with Crippen LogP contribution in [-0.2, 0) is 11.3 Å². The van der Waals surface area contributed by atoms with E-state index in [-0.39, 0.29) is 11.7 Å². The molecule has 1 saturated heterocycles. The molecule has 0 radical (unpaired) electrons. The summed E-state index contributed by atoms with van der Waals surface area (Å²) in [5.74, 6) is -0.453. The van der Waals surface area contributed by atoms with Gasteiger partial charge in [0, 0.05) is 38.3 Å². The van der Waals surface area contributed by atoms with E-state index in [0.717, 1.165) is 6.54 Å². The van der Waals surface area contributed by atoms with Gasteiger partial charge in [-0.3, -0.25) is 14.5 Å². The maximum absolute atomic E-state index is 14.4. The lowest BCUT2D eigenvalue weighted by molar-refractivity contribution is -0.132. The number of carbonyl (C=O) groups is 2. The van der Waals surface area contributed by atoms with E-state index >= 15 is 0 Å². The number of ketones is 1. The summed E-state index contributed by atoms with van der Waals surface area (Å²) in [6, 6.07) is 11.0. The van der Waals surface area contributed by atoms with Crippen molar-refractivity contribution in [1.82, 2.24) is 9.80 Å². The molecule has 2 aromatic rings. The Bertz CT molecular complexity index is 936. The van der Waals surface area contributed by atoms with E-state index in [1.807, 2.05) is 21.7 Å². The molecule has 160 valence electrons. The van der Waals surface area contributed by atoms with E-state index < -0.39 is 5.82 Å². The number of anilines is 1. The monoisotopic (exact) mass is 411 g/mol. The number of benzene rings is 2. The lowest BCUT2D eigenvalue weighted by atomic mass is 10.1. The molecular formula is C24H30FN3O2. The number of halogens is 1. The van der Waals surface area contributed by atoms with Crippen LogP contribution in [0.5, 0.6) is 0 Å². The number of nitrogens with zero attached hydrogens (tertiary/aromatic N) is 3. The molecular weight excluding hydrogens is 381 g/mol. The molecule has 2 aromatic carbocycles. The normalized spacial score (nSPS) is 14.3. The number of hydrogen-bond donors (Lipinski definition) is 0. The number of amides is 1. The average Bonchev–Trinajstić information content (AvgIpc) is 2.70. The van der Waals surface area contributed by atoms with Crippen LogP contribution in [0.4, 0.5) is 10.1 Å². The second-order valence-electron chi connectivity index (χ2n) is 8.19. The molecule has 0 aromatic heterocycles. The minimum Gasteiger partial charge on any atom is -0.366 e. The zero-order valence-corrected chi connectivity index (χ0v) is 18.2. The van der Waals surface area contributed by atoms with Crippen molar-refractivity contribution in [1.29, 1.82) is 0 Å². The predicted octanol–water partition coefficient (Wildman–Crippen LogP) is 3.43. The maximum Gasteiger partial charge on any atom is 0.236 e. The molecule has 0 bridgehead atoms. The molecule has 1 heterocycles. The van der Waals surface area contributed by atoms with Gasteiger partial charge < -0.3 is 9.80 Å². The van der Waals surface area contributed by atoms with Crippen LogP contribution < -0.4 is 4.90 Å². The fraction of sp³-hybridized carbons (Fsp3) is 0.417. The minimum atomic E-state index is -0.393. The van der Waals surface area contributed by atoms with Crippen molar-refractivity contribution in [3.63, 3.8) is 0 Å². The molecule has 0 atom stereocenters. The SMILES string of the molecule is CC(=O)c1ccc(N2CCN(C(=O)CN(C)Cc3ccc(C)cc3C)CC2)c(F)c1. The topological polar surface area (TPSA) is 43.9 Å². The van der Waals surface area contributed by atoms with Crippen molar-refractivity contribution in [3.05, 3.63) is 64.5 Å². The molecule has 1 aliphatic heterocycles. The predicted molar refractivity (Wildman–Crippen MR) is 117 cm³/mol. The highest BCUT2D eigenvalue weighted by Crippen LogP contribution is 2.22. The van der Waals surface area contributed by atoms with Gasteiger partial charge in [0.05, 0.1) is 12.2 Å². The van der Waals surface area contributed by atoms with Crippen molar-refractivity contribution >= 4 is 17.4 Å². The summed E-state index contributed by atoms with van der Waals surface area (Å²) in [5, 5.41) is 0. The first-order valence-corrected chi connectivity index (χ1v) is 10.3. The standard InChI is InChI=1S/C24H30FN3O2/c1-17-5-6-21(18(2)13-17)15-26(4)16-24(30)28-11-9-27(10-12-28)23-8-7-20(19(3)29)14-22(23)25/h5-8,13-14H,9-12,15-16H2,1-4H3. The van der Waals surface area contributed by atoms with E-state index in [1.165, 1.54) is 29.7 Å². The Morgan fingerprint density at radius 2 is 1.73 bits per heavy atom. The molecule has 30 heavy (non-hydrogen) atoms. The van der Waals surface area contributed by atoms with Gasteiger partial charge in [-0.05, 0) is 57.1 Å². The van der Waals surface area contributed by atoms with Gasteiger partial charge in [0.15, 0.2) is 5.78 Å². The van der Waals surface area contributed by atoms with Crippen LogP contribution in [0.2, 0.25) is 0 Å². The first-order valence-electron chi connectivity index (χ1n) is 10.3. The Morgan fingerprint density at radius 1 is 1.03 bits per heavy atom. The van der Waals surface area contributed by atoms with Crippen molar-refractivity contribution in [2.75, 3.05) is 44.7 Å². The van der Waals surface area contributed by atoms with Crippen LogP contribution in [0.15, 0.2) is 36.4 Å². The highest BCUT2D eigenvalue weighted by atomic mass is 19.1. The van der Waals surface area contributed by atoms with E-state index in [2.05, 4.69) is 32.0 Å². The fourth-order valence-electron chi connectivity index (χ4n) is 3.88. The Kier molecular flexibility index (Phi) is 6.87. The van der Waals surface area contributed by atoms with Crippen LogP contribution in [0.1, 0.15) is 34.0 Å². The first-order chi connectivity index (χ1) is 14.2. The molecule has 1 fully saturated rings. The van der Waals surface area contributed by atoms with Crippen LogP contribution in [0.25, 0.3) is 0 Å². The number of rotatable bonds is 6. The molecule has 0 saturated carbocycles. The largest absolute Gasteiger partial charge is 0.366 e. The van der Waals surface area contributed by atoms with Gasteiger partial charge in [-0.1, -0.05) is 23.8 Å². The molecule has 0 spiro atoms. The second-order valence-corrected chi connectivity index (χ2v) is 8.19. The van der Waals surface area contributed by atoms with E-state index in [0.29, 0.717) is 44.0 Å². The third-order valence-corrected chi connectivity index (χ3v) is 5.67. The number of Topliss-reactive ketones (excluding diaryl/α,β-unsaturated/α-hetero) is 1. The maximum atomic E-state index is 14.4. The fourth-order valence-corrected chi connectivity index (χ4v) is 3.88. The Morgan fingerprint density at radius 3 is 2.33 bits per heavy atom. The molecule has 0 unspecified atom stereocenters. The number of likely N-dealkylation sites (N-methyl/N-ethyl adjacent to an activating group) is 1. The summed E-state index contributed by atoms with van der Waals surface area (Å²) >= 11 is 0. The molecule has 6 heteroatoms. The van der Waals surface area contributed by atoms with E-state index in [1.54, 1.807) is 12.1 Å². The van der Waals surface area contributed by atoms with Gasteiger partial charge in [0.2, 0.25) is 5.91 Å². The third kappa shape index (κ3) is 5.25. The lowest BCUT2D eigenvalue weighted by Crippen LogP contribution is -2.51. The highest BCUT2D eigenvalue weighted by Gasteiger charge is 2.24. The molecule has 5 nitrogen and oxygen atoms in total. The van der Waals surface area contributed by atoms with Gasteiger partial charge in [-0.2, -0.15) is 0 Å². The molecule has 1 aliphatic rings. The van der Waals surface area contributed by atoms with Crippen LogP contribution in [0.3, 0.4) is 0 Å². The summed E-state index contributed by atoms with van der Waals surface area (Å²) in [7, 11) is 1.96. The molecule has 0 aliphatic carbocycles. The third-order valence-electron chi connectivity index (χ3n) is 5.67. The van der Waals surface area contributed by atoms with Gasteiger partial charge in [0.1, 0.15) is 5.82 Å². The van der Waals surface area contributed by atoms with Crippen molar-refractivity contribution in [3.8, 4) is 0 Å². The number of carbonyl (C=O) groups excluding carboxylic acids is 2. The second kappa shape index (κ2) is 9.39. The van der Waals surface area contributed by atoms with E-state index in [4.69, 9.17) is 0 Å². The molecule has 0 N–H and O–H groups in total. The van der Waals surface area contributed by atoms with Gasteiger partial charge >= 0.3 is 0 Å². The van der Waals surface area contributed by atoms with Crippen LogP contribution >= 0.6 is 0 Å². The van der Waals surface area contributed by atoms with Gasteiger partial charge in [-0.15, -0.1) is 0 Å². The van der Waals surface area contributed by atoms with Crippen molar-refractivity contribution in [2.24, 2.45) is 0 Å². The van der Waals surface area contributed by atoms with Gasteiger partial charge in [0.25, 0.3) is 0 Å². The Balaban J connectivity index is 1.53. The van der Waals surface area contributed by atoms with E-state index in [9.17, 15) is 14.0 Å². The summed E-state index contributed by atoms with van der Waals surface area (Å²) in [6.45, 7) is 8.95. The summed E-state index contributed by atoms with van der Waals surface area (Å²) < 4.78 is 14.4. The number of aryl methyl sites for hydroxylation is 2. The molecule has 3 rings (SSSR count). The quantitative estimate of drug-likeness (QED) is 0.683. The van der Waals surface area contributed by atoms with Crippen molar-refractivity contribution < 1.29 is 14.0 Å². The highest BCUT2D eigenvalue weighted by molar-refractivity contribution is 5.94. The minimum absolute atomic E-state index is 0.0920. The number of hydrogen-bond acceptors (Lipinski definition) is 4. The number of piperazine rings is 1. The van der Waals surface area contributed by atoms with Gasteiger partial charge in [-0.25, -0.2) is 4.39 Å². The Hall–Kier alpha value is -2.73. The van der Waals surface area contributed by atoms with Crippen LogP contribution in [0, 0.1) is 19.7 Å². The lowest BCUT2D eigenvalue weighted by Gasteiger charge is -2.37. The average molecular weight is 412 g/mol. The summed E-state index contributed by atoms with van der Waals surface area (Å²) in [5.41, 5.74) is 4.56. The zero-order valence-electron chi connectivity index (χ0n) is 18.2. The Labute approximate surface area is 178 Å². The summed E-state index contributed by atoms with van der Waals surface area (Å²) in [6.07, 6.45) is 0. The van der Waals surface area contributed by atoms with Crippen LogP contribution in [-0.4, -0.2) is 61.3 Å². The van der Waals surface area contributed by atoms with Crippen molar-refractivity contribution in [2.45, 2.75) is 27.3 Å². The summed E-state index contributed by atoms with van der Waals surface area (Å²) in [4.78, 5) is 29.9.